The van der Waals surface area contributed by atoms with Crippen molar-refractivity contribution in [3.63, 3.8) is 0 Å². The van der Waals surface area contributed by atoms with Crippen molar-refractivity contribution in [3.8, 4) is 5.75 Å². The number of hydrogen-bond acceptors (Lipinski definition) is 5. The van der Waals surface area contributed by atoms with Crippen LogP contribution in [0.3, 0.4) is 0 Å². The topological polar surface area (TPSA) is 90.4 Å². The summed E-state index contributed by atoms with van der Waals surface area (Å²) in [7, 11) is 0. The number of hydrazine groups is 1. The molecule has 0 aliphatic rings. The number of hydrogen-bond donors (Lipinski definition) is 2. The maximum absolute atomic E-state index is 11.2. The van der Waals surface area contributed by atoms with Crippen LogP contribution in [0.15, 0.2) is 33.3 Å². The molecule has 100 valence electrons. The van der Waals surface area contributed by atoms with Crippen LogP contribution in [0.25, 0.3) is 0 Å². The average Bonchev–Trinajstić information content (AvgIpc) is 2.88. The highest BCUT2D eigenvalue weighted by Crippen LogP contribution is 2.22. The third-order valence-corrected chi connectivity index (χ3v) is 3.32. The van der Waals surface area contributed by atoms with Crippen molar-refractivity contribution in [1.82, 2.24) is 10.6 Å². The first-order valence-electron chi connectivity index (χ1n) is 5.45. The van der Waals surface area contributed by atoms with Gasteiger partial charge in [-0.3, -0.25) is 10.2 Å². The van der Waals surface area contributed by atoms with E-state index in [1.807, 2.05) is 30.5 Å². The molecular weight excluding hydrogens is 314 g/mol. The van der Waals surface area contributed by atoms with Crippen LogP contribution in [-0.4, -0.2) is 11.1 Å². The van der Waals surface area contributed by atoms with Gasteiger partial charge in [0.05, 0.1) is 0 Å². The Hall–Kier alpha value is -1.86. The third kappa shape index (κ3) is 3.33. The van der Waals surface area contributed by atoms with Crippen LogP contribution < -0.4 is 16.0 Å². The van der Waals surface area contributed by atoms with E-state index in [4.69, 9.17) is 15.1 Å². The molecule has 0 atom stereocenters. The van der Waals surface area contributed by atoms with Gasteiger partial charge in [-0.2, -0.15) is 0 Å². The minimum Gasteiger partial charge on any atom is -0.486 e. The maximum atomic E-state index is 11.2. The van der Waals surface area contributed by atoms with Gasteiger partial charge in [-0.15, -0.1) is 0 Å². The molecule has 2 aromatic rings. The molecule has 1 heterocycles. The number of carbonyl (C=O) groups excluding carboxylic acids is 1. The van der Waals surface area contributed by atoms with E-state index in [1.54, 1.807) is 0 Å². The van der Waals surface area contributed by atoms with Gasteiger partial charge in [0.1, 0.15) is 12.4 Å². The number of carbonyl (C=O) groups is 1. The van der Waals surface area contributed by atoms with Crippen molar-refractivity contribution in [1.29, 1.82) is 0 Å². The Labute approximate surface area is 118 Å². The summed E-state index contributed by atoms with van der Waals surface area (Å²) in [5.74, 6) is 5.64. The lowest BCUT2D eigenvalue weighted by molar-refractivity contribution is 0.0944. The molecule has 7 heteroatoms. The Bertz CT molecular complexity index is 598. The minimum absolute atomic E-state index is 0.119. The molecule has 1 amide bonds. The zero-order valence-corrected chi connectivity index (χ0v) is 11.7. The zero-order valence-electron chi connectivity index (χ0n) is 10.1. The van der Waals surface area contributed by atoms with Gasteiger partial charge in [0.15, 0.2) is 11.5 Å². The lowest BCUT2D eigenvalue weighted by Gasteiger charge is -2.05. The molecule has 0 bridgehead atoms. The maximum Gasteiger partial charge on any atom is 0.287 e. The number of nitrogens with two attached hydrogens (primary N) is 1. The van der Waals surface area contributed by atoms with Gasteiger partial charge in [0.2, 0.25) is 0 Å². The van der Waals surface area contributed by atoms with Gasteiger partial charge in [-0.1, -0.05) is 21.1 Å². The lowest BCUT2D eigenvalue weighted by Crippen LogP contribution is -2.30. The summed E-state index contributed by atoms with van der Waals surface area (Å²) >= 11 is 3.41. The molecule has 6 nitrogen and oxygen atoms in total. The molecule has 2 rings (SSSR count). The number of benzene rings is 1. The van der Waals surface area contributed by atoms with Gasteiger partial charge in [-0.25, -0.2) is 5.84 Å². The largest absolute Gasteiger partial charge is 0.486 e. The third-order valence-electron chi connectivity index (χ3n) is 2.43. The fourth-order valence-electron chi connectivity index (χ4n) is 1.42. The molecule has 0 spiro atoms. The van der Waals surface area contributed by atoms with Crippen LogP contribution >= 0.6 is 15.9 Å². The number of amides is 1. The van der Waals surface area contributed by atoms with Crippen LogP contribution in [-0.2, 0) is 6.61 Å². The van der Waals surface area contributed by atoms with Crippen molar-refractivity contribution >= 4 is 21.8 Å². The molecular formula is C12H12BrN3O3. The molecule has 0 unspecified atom stereocenters. The quantitative estimate of drug-likeness (QED) is 0.509. The van der Waals surface area contributed by atoms with Gasteiger partial charge < -0.3 is 9.26 Å². The number of ether oxygens (including phenoxy) is 1. The first kappa shape index (κ1) is 13.6. The van der Waals surface area contributed by atoms with Crippen LogP contribution in [0.2, 0.25) is 0 Å². The number of nitrogens with one attached hydrogen (secondary N) is 1. The fraction of sp³-hybridized carbons (Fsp3) is 0.167. The summed E-state index contributed by atoms with van der Waals surface area (Å²) in [5, 5.41) is 3.58. The standard InChI is InChI=1S/C12H12BrN3O3/c1-7-4-8(2-3-10(7)13)18-6-9-5-11(16-19-9)12(17)15-14/h2-5H,6,14H2,1H3,(H,15,17). The van der Waals surface area contributed by atoms with Gasteiger partial charge >= 0.3 is 0 Å². The monoisotopic (exact) mass is 325 g/mol. The van der Waals surface area contributed by atoms with Crippen LogP contribution in [0.1, 0.15) is 21.8 Å². The van der Waals surface area contributed by atoms with Crippen molar-refractivity contribution < 1.29 is 14.1 Å². The van der Waals surface area contributed by atoms with Crippen molar-refractivity contribution in [2.75, 3.05) is 0 Å². The number of nitrogen functional groups attached to an aromatic ring is 1. The van der Waals surface area contributed by atoms with E-state index in [2.05, 4.69) is 21.1 Å². The smallest absolute Gasteiger partial charge is 0.287 e. The Balaban J connectivity index is 2.00. The van der Waals surface area contributed by atoms with Crippen LogP contribution in [0, 0.1) is 6.92 Å². The molecule has 1 aromatic carbocycles. The van der Waals surface area contributed by atoms with Crippen molar-refractivity contribution in [2.45, 2.75) is 13.5 Å². The highest BCUT2D eigenvalue weighted by atomic mass is 79.9. The molecule has 0 aliphatic heterocycles. The number of aromatic nitrogens is 1. The van der Waals surface area contributed by atoms with Crippen LogP contribution in [0.4, 0.5) is 0 Å². The number of rotatable bonds is 4. The molecule has 0 saturated carbocycles. The summed E-state index contributed by atoms with van der Waals surface area (Å²) in [4.78, 5) is 11.2. The average molecular weight is 326 g/mol. The Morgan fingerprint density at radius 2 is 2.32 bits per heavy atom. The van der Waals surface area contributed by atoms with E-state index >= 15 is 0 Å². The second-order valence-corrected chi connectivity index (χ2v) is 4.71. The Morgan fingerprint density at radius 3 is 3.00 bits per heavy atom. The van der Waals surface area contributed by atoms with Crippen LogP contribution in [0.5, 0.6) is 5.75 Å². The molecule has 0 aliphatic carbocycles. The Kier molecular flexibility index (Phi) is 4.18. The molecule has 0 radical (unpaired) electrons. The first-order valence-corrected chi connectivity index (χ1v) is 6.25. The molecule has 3 N–H and O–H groups in total. The zero-order chi connectivity index (χ0) is 13.8. The fourth-order valence-corrected chi connectivity index (χ4v) is 1.67. The van der Waals surface area contributed by atoms with Crippen molar-refractivity contribution in [2.24, 2.45) is 5.84 Å². The molecule has 0 saturated heterocycles. The number of halogens is 1. The predicted molar refractivity (Wildman–Crippen MR) is 71.4 cm³/mol. The Morgan fingerprint density at radius 1 is 1.53 bits per heavy atom. The van der Waals surface area contributed by atoms with Crippen molar-refractivity contribution in [3.05, 3.63) is 45.8 Å². The van der Waals surface area contributed by atoms with E-state index in [-0.39, 0.29) is 12.3 Å². The first-order chi connectivity index (χ1) is 9.10. The van der Waals surface area contributed by atoms with E-state index in [1.165, 1.54) is 6.07 Å². The van der Waals surface area contributed by atoms with E-state index < -0.39 is 5.91 Å². The molecule has 19 heavy (non-hydrogen) atoms. The molecule has 0 fully saturated rings. The van der Waals surface area contributed by atoms with E-state index in [9.17, 15) is 4.79 Å². The predicted octanol–water partition coefficient (Wildman–Crippen LogP) is 1.93. The summed E-state index contributed by atoms with van der Waals surface area (Å²) in [5.41, 5.74) is 3.16. The van der Waals surface area contributed by atoms with Gasteiger partial charge in [-0.05, 0) is 30.7 Å². The molecule has 1 aromatic heterocycles. The highest BCUT2D eigenvalue weighted by molar-refractivity contribution is 9.10. The SMILES string of the molecule is Cc1cc(OCc2cc(C(=O)NN)no2)ccc1Br. The summed E-state index contributed by atoms with van der Waals surface area (Å²) in [6.07, 6.45) is 0. The minimum atomic E-state index is -0.505. The number of aryl methyl sites for hydroxylation is 1. The summed E-state index contributed by atoms with van der Waals surface area (Å²) in [6.45, 7) is 2.15. The van der Waals surface area contributed by atoms with Gasteiger partial charge in [0.25, 0.3) is 5.91 Å². The lowest BCUT2D eigenvalue weighted by atomic mass is 10.2. The highest BCUT2D eigenvalue weighted by Gasteiger charge is 2.11. The normalized spacial score (nSPS) is 10.3. The number of nitrogens with zero attached hydrogens (tertiary/aromatic N) is 1. The van der Waals surface area contributed by atoms with Gasteiger partial charge in [0, 0.05) is 10.5 Å². The second kappa shape index (κ2) is 5.85. The second-order valence-electron chi connectivity index (χ2n) is 3.85. The summed E-state index contributed by atoms with van der Waals surface area (Å²) < 4.78 is 11.5. The van der Waals surface area contributed by atoms with E-state index in [0.717, 1.165) is 10.0 Å². The van der Waals surface area contributed by atoms with E-state index in [0.29, 0.717) is 11.5 Å². The summed E-state index contributed by atoms with van der Waals surface area (Å²) in [6, 6.07) is 7.11.